The van der Waals surface area contributed by atoms with Crippen LogP contribution in [0.3, 0.4) is 0 Å². The summed E-state index contributed by atoms with van der Waals surface area (Å²) in [6, 6.07) is 14.8. The Balaban J connectivity index is 1.91. The van der Waals surface area contributed by atoms with Gasteiger partial charge in [0.15, 0.2) is 5.96 Å². The number of halogens is 1. The molecule has 5 heteroatoms. The van der Waals surface area contributed by atoms with E-state index >= 15 is 0 Å². The number of nitrogens with zero attached hydrogens (tertiary/aromatic N) is 1. The van der Waals surface area contributed by atoms with E-state index < -0.39 is 0 Å². The normalized spacial score (nSPS) is 11.4. The van der Waals surface area contributed by atoms with Gasteiger partial charge in [0, 0.05) is 32.3 Å². The van der Waals surface area contributed by atoms with E-state index in [9.17, 15) is 4.39 Å². The molecule has 0 saturated carbocycles. The molecule has 0 bridgehead atoms. The van der Waals surface area contributed by atoms with Gasteiger partial charge < -0.3 is 15.4 Å². The molecule has 0 aliphatic rings. The predicted molar refractivity (Wildman–Crippen MR) is 95.2 cm³/mol. The quantitative estimate of drug-likeness (QED) is 0.605. The zero-order valence-corrected chi connectivity index (χ0v) is 14.2. The summed E-state index contributed by atoms with van der Waals surface area (Å²) in [5.41, 5.74) is 2.91. The number of aliphatic imine (C=N–C) groups is 1. The molecule has 0 amide bonds. The molecule has 2 rings (SSSR count). The van der Waals surface area contributed by atoms with Crippen molar-refractivity contribution in [3.05, 3.63) is 71.0 Å². The van der Waals surface area contributed by atoms with Gasteiger partial charge >= 0.3 is 0 Å². The third-order valence-corrected chi connectivity index (χ3v) is 3.65. The van der Waals surface area contributed by atoms with Gasteiger partial charge in [0.05, 0.1) is 6.61 Å². The summed E-state index contributed by atoms with van der Waals surface area (Å²) in [6.07, 6.45) is 0. The third kappa shape index (κ3) is 5.35. The number of ether oxygens (including phenoxy) is 1. The van der Waals surface area contributed by atoms with Crippen LogP contribution in [0.25, 0.3) is 0 Å². The predicted octanol–water partition coefficient (Wildman–Crippen LogP) is 3.23. The highest BCUT2D eigenvalue weighted by atomic mass is 19.1. The molecule has 4 nitrogen and oxygen atoms in total. The molecule has 0 fully saturated rings. The molecule has 0 aliphatic carbocycles. The van der Waals surface area contributed by atoms with Crippen LogP contribution in [0.5, 0.6) is 0 Å². The van der Waals surface area contributed by atoms with Crippen LogP contribution in [0.1, 0.15) is 23.6 Å². The average Bonchev–Trinajstić information content (AvgIpc) is 2.62. The van der Waals surface area contributed by atoms with Gasteiger partial charge in [-0.25, -0.2) is 4.39 Å². The Labute approximate surface area is 142 Å². The largest absolute Gasteiger partial charge is 0.377 e. The van der Waals surface area contributed by atoms with Crippen LogP contribution in [0.2, 0.25) is 0 Å². The minimum atomic E-state index is -0.220. The summed E-state index contributed by atoms with van der Waals surface area (Å²) in [5, 5.41) is 6.38. The summed E-state index contributed by atoms with van der Waals surface area (Å²) in [4.78, 5) is 4.18. The van der Waals surface area contributed by atoms with Crippen LogP contribution in [0.15, 0.2) is 53.5 Å². The van der Waals surface area contributed by atoms with Crippen molar-refractivity contribution in [2.45, 2.75) is 26.6 Å². The number of guanidine groups is 1. The average molecular weight is 329 g/mol. The van der Waals surface area contributed by atoms with E-state index in [-0.39, 0.29) is 5.82 Å². The van der Waals surface area contributed by atoms with Crippen LogP contribution >= 0.6 is 0 Å². The molecule has 0 heterocycles. The second kappa shape index (κ2) is 9.67. The maximum atomic E-state index is 13.7. The molecule has 24 heavy (non-hydrogen) atoms. The van der Waals surface area contributed by atoms with E-state index in [1.165, 1.54) is 6.07 Å². The fourth-order valence-electron chi connectivity index (χ4n) is 2.30. The van der Waals surface area contributed by atoms with Crippen molar-refractivity contribution in [1.82, 2.24) is 10.6 Å². The van der Waals surface area contributed by atoms with Crippen molar-refractivity contribution in [2.24, 2.45) is 4.99 Å². The van der Waals surface area contributed by atoms with Crippen molar-refractivity contribution in [3.8, 4) is 0 Å². The minimum absolute atomic E-state index is 0.220. The fraction of sp³-hybridized carbons (Fsp3) is 0.316. The van der Waals surface area contributed by atoms with Gasteiger partial charge in [-0.2, -0.15) is 0 Å². The molecular weight excluding hydrogens is 305 g/mol. The second-order valence-electron chi connectivity index (χ2n) is 5.28. The maximum absolute atomic E-state index is 13.7. The fourth-order valence-corrected chi connectivity index (χ4v) is 2.30. The summed E-state index contributed by atoms with van der Waals surface area (Å²) < 4.78 is 19.1. The lowest BCUT2D eigenvalue weighted by Crippen LogP contribution is -2.36. The zero-order valence-electron chi connectivity index (χ0n) is 14.2. The number of hydrogen-bond donors (Lipinski definition) is 2. The first-order chi connectivity index (χ1) is 11.7. The molecular formula is C19H24FN3O. The zero-order chi connectivity index (χ0) is 17.2. The standard InChI is InChI=1S/C19H24FN3O/c1-3-24-14-17-10-5-4-8-15(17)12-22-19(21-2)23-13-16-9-6-7-11-18(16)20/h4-11H,3,12-14H2,1-2H3,(H2,21,22,23). The van der Waals surface area contributed by atoms with Crippen molar-refractivity contribution in [3.63, 3.8) is 0 Å². The Bertz CT molecular complexity index is 673. The van der Waals surface area contributed by atoms with Crippen LogP contribution in [-0.4, -0.2) is 19.6 Å². The maximum Gasteiger partial charge on any atom is 0.191 e. The molecule has 2 aromatic carbocycles. The van der Waals surface area contributed by atoms with Gasteiger partial charge in [0.25, 0.3) is 0 Å². The Morgan fingerprint density at radius 3 is 2.17 bits per heavy atom. The molecule has 0 atom stereocenters. The van der Waals surface area contributed by atoms with Crippen LogP contribution in [0, 0.1) is 5.82 Å². The van der Waals surface area contributed by atoms with Crippen molar-refractivity contribution < 1.29 is 9.13 Å². The van der Waals surface area contributed by atoms with E-state index in [2.05, 4.69) is 27.8 Å². The lowest BCUT2D eigenvalue weighted by Gasteiger charge is -2.14. The van der Waals surface area contributed by atoms with E-state index in [0.717, 1.165) is 11.1 Å². The molecule has 0 spiro atoms. The van der Waals surface area contributed by atoms with Crippen LogP contribution < -0.4 is 10.6 Å². The van der Waals surface area contributed by atoms with Gasteiger partial charge in [0.2, 0.25) is 0 Å². The molecule has 0 saturated heterocycles. The molecule has 0 radical (unpaired) electrons. The Kier molecular flexibility index (Phi) is 7.23. The van der Waals surface area contributed by atoms with E-state index in [1.54, 1.807) is 19.2 Å². The number of hydrogen-bond acceptors (Lipinski definition) is 2. The summed E-state index contributed by atoms with van der Waals surface area (Å²) in [7, 11) is 1.70. The highest BCUT2D eigenvalue weighted by Gasteiger charge is 2.05. The minimum Gasteiger partial charge on any atom is -0.377 e. The monoisotopic (exact) mass is 329 g/mol. The van der Waals surface area contributed by atoms with E-state index in [4.69, 9.17) is 4.74 Å². The first-order valence-electron chi connectivity index (χ1n) is 8.07. The first-order valence-corrected chi connectivity index (χ1v) is 8.07. The lowest BCUT2D eigenvalue weighted by atomic mass is 10.1. The van der Waals surface area contributed by atoms with Gasteiger partial charge in [-0.05, 0) is 24.1 Å². The van der Waals surface area contributed by atoms with Crippen LogP contribution in [0.4, 0.5) is 4.39 Å². The smallest absolute Gasteiger partial charge is 0.191 e. The highest BCUT2D eigenvalue weighted by molar-refractivity contribution is 5.79. The first kappa shape index (κ1) is 17.9. The third-order valence-electron chi connectivity index (χ3n) is 3.65. The number of benzene rings is 2. The summed E-state index contributed by atoms with van der Waals surface area (Å²) in [5.74, 6) is 0.409. The summed E-state index contributed by atoms with van der Waals surface area (Å²) in [6.45, 7) is 4.27. The SMILES string of the molecule is CCOCc1ccccc1CNC(=NC)NCc1ccccc1F. The molecule has 0 aromatic heterocycles. The Hall–Kier alpha value is -2.40. The Morgan fingerprint density at radius 2 is 1.54 bits per heavy atom. The van der Waals surface area contributed by atoms with Gasteiger partial charge in [-0.3, -0.25) is 4.99 Å². The molecule has 0 aliphatic heterocycles. The van der Waals surface area contributed by atoms with Crippen molar-refractivity contribution in [2.75, 3.05) is 13.7 Å². The van der Waals surface area contributed by atoms with Gasteiger partial charge in [-0.1, -0.05) is 42.5 Å². The highest BCUT2D eigenvalue weighted by Crippen LogP contribution is 2.10. The van der Waals surface area contributed by atoms with E-state index in [1.807, 2.05) is 25.1 Å². The van der Waals surface area contributed by atoms with Crippen molar-refractivity contribution >= 4 is 5.96 Å². The Morgan fingerprint density at radius 1 is 0.958 bits per heavy atom. The number of nitrogens with one attached hydrogen (secondary N) is 2. The van der Waals surface area contributed by atoms with Gasteiger partial charge in [0.1, 0.15) is 5.82 Å². The van der Waals surface area contributed by atoms with Crippen molar-refractivity contribution in [1.29, 1.82) is 0 Å². The molecule has 128 valence electrons. The van der Waals surface area contributed by atoms with E-state index in [0.29, 0.717) is 37.8 Å². The molecule has 2 aromatic rings. The van der Waals surface area contributed by atoms with Gasteiger partial charge in [-0.15, -0.1) is 0 Å². The molecule has 0 unspecified atom stereocenters. The molecule has 2 N–H and O–H groups in total. The second-order valence-corrected chi connectivity index (χ2v) is 5.28. The lowest BCUT2D eigenvalue weighted by molar-refractivity contribution is 0.133. The summed E-state index contributed by atoms with van der Waals surface area (Å²) >= 11 is 0. The topological polar surface area (TPSA) is 45.6 Å². The number of rotatable bonds is 7. The van der Waals surface area contributed by atoms with Crippen LogP contribution in [-0.2, 0) is 24.4 Å².